The fraction of sp³-hybridized carbons (Fsp3) is 0.500. The van der Waals surface area contributed by atoms with E-state index in [4.69, 9.17) is 0 Å². The number of urea groups is 1. The summed E-state index contributed by atoms with van der Waals surface area (Å²) in [6.45, 7) is 0.509. The van der Waals surface area contributed by atoms with E-state index in [-0.39, 0.29) is 6.03 Å². The van der Waals surface area contributed by atoms with Crippen LogP contribution in [0.1, 0.15) is 31.2 Å². The average Bonchev–Trinajstić information content (AvgIpc) is 3.54. The predicted octanol–water partition coefficient (Wildman–Crippen LogP) is 2.60. The van der Waals surface area contributed by atoms with Crippen molar-refractivity contribution in [3.8, 4) is 5.82 Å². The molecule has 2 aromatic rings. The van der Waals surface area contributed by atoms with Gasteiger partial charge in [-0.1, -0.05) is 0 Å². The van der Waals surface area contributed by atoms with E-state index in [0.717, 1.165) is 23.2 Å². The van der Waals surface area contributed by atoms with E-state index in [1.165, 1.54) is 25.7 Å². The Morgan fingerprint density at radius 3 is 2.71 bits per heavy atom. The van der Waals surface area contributed by atoms with Gasteiger partial charge in [0.15, 0.2) is 0 Å². The second kappa shape index (κ2) is 6.26. The summed E-state index contributed by atoms with van der Waals surface area (Å²) in [6, 6.07) is 4.37. The number of hydrogen-bond acceptors (Lipinski definition) is 3. The summed E-state index contributed by atoms with van der Waals surface area (Å²) >= 11 is 0. The number of carbonyl (C=O) groups excluding carboxylic acids is 1. The molecule has 0 spiro atoms. The van der Waals surface area contributed by atoms with Crippen LogP contribution < -0.4 is 5.32 Å². The van der Waals surface area contributed by atoms with Crippen molar-refractivity contribution in [3.63, 3.8) is 0 Å². The Bertz CT molecular complexity index is 694. The van der Waals surface area contributed by atoms with Crippen molar-refractivity contribution in [1.29, 1.82) is 0 Å². The van der Waals surface area contributed by atoms with Gasteiger partial charge in [0.05, 0.1) is 0 Å². The first kappa shape index (κ1) is 15.2. The molecular formula is C18H23N5O. The zero-order valence-electron chi connectivity index (χ0n) is 13.9. The Balaban J connectivity index is 1.37. The van der Waals surface area contributed by atoms with Gasteiger partial charge in [-0.15, -0.1) is 0 Å². The van der Waals surface area contributed by atoms with Gasteiger partial charge in [-0.3, -0.25) is 4.57 Å². The molecule has 4 rings (SSSR count). The van der Waals surface area contributed by atoms with Gasteiger partial charge < -0.3 is 10.2 Å². The molecule has 2 amide bonds. The maximum absolute atomic E-state index is 12.5. The van der Waals surface area contributed by atoms with Crippen LogP contribution in [0.3, 0.4) is 0 Å². The monoisotopic (exact) mass is 325 g/mol. The molecule has 0 saturated heterocycles. The van der Waals surface area contributed by atoms with Crippen LogP contribution in [-0.4, -0.2) is 38.6 Å². The van der Waals surface area contributed by atoms with Gasteiger partial charge in [0.25, 0.3) is 0 Å². The second-order valence-corrected chi connectivity index (χ2v) is 6.93. The summed E-state index contributed by atoms with van der Waals surface area (Å²) in [4.78, 5) is 22.8. The standard InChI is InChI=1S/C18H23N5O/c1-22(17(14-2-3-14)15-4-5-15)18(24)21-11-13-6-7-20-16(10-13)23-9-8-19-12-23/h6-10,12,14-15,17H,2-5,11H2,1H3,(H,21,24). The second-order valence-electron chi connectivity index (χ2n) is 6.93. The number of pyridine rings is 1. The molecule has 0 atom stereocenters. The van der Waals surface area contributed by atoms with Crippen molar-refractivity contribution in [3.05, 3.63) is 42.6 Å². The average molecular weight is 325 g/mol. The number of aromatic nitrogens is 3. The molecule has 6 nitrogen and oxygen atoms in total. The number of carbonyl (C=O) groups is 1. The minimum atomic E-state index is 0.0276. The lowest BCUT2D eigenvalue weighted by molar-refractivity contribution is 0.173. The normalized spacial score (nSPS) is 17.1. The van der Waals surface area contributed by atoms with Crippen molar-refractivity contribution in [2.45, 2.75) is 38.3 Å². The zero-order valence-corrected chi connectivity index (χ0v) is 13.9. The van der Waals surface area contributed by atoms with Crippen LogP contribution in [0.25, 0.3) is 5.82 Å². The predicted molar refractivity (Wildman–Crippen MR) is 90.6 cm³/mol. The van der Waals surface area contributed by atoms with Crippen molar-refractivity contribution >= 4 is 6.03 Å². The van der Waals surface area contributed by atoms with Gasteiger partial charge >= 0.3 is 6.03 Å². The highest BCUT2D eigenvalue weighted by molar-refractivity contribution is 5.74. The molecule has 2 aliphatic carbocycles. The molecule has 2 saturated carbocycles. The van der Waals surface area contributed by atoms with Crippen molar-refractivity contribution in [2.24, 2.45) is 11.8 Å². The summed E-state index contributed by atoms with van der Waals surface area (Å²) in [7, 11) is 1.94. The van der Waals surface area contributed by atoms with Crippen LogP contribution in [0.4, 0.5) is 4.79 Å². The van der Waals surface area contributed by atoms with Gasteiger partial charge in [-0.25, -0.2) is 14.8 Å². The third-order valence-electron chi connectivity index (χ3n) is 5.00. The number of amides is 2. The highest BCUT2D eigenvalue weighted by Gasteiger charge is 2.44. The van der Waals surface area contributed by atoms with Crippen LogP contribution in [0.2, 0.25) is 0 Å². The van der Waals surface area contributed by atoms with E-state index in [0.29, 0.717) is 12.6 Å². The molecule has 0 bridgehead atoms. The topological polar surface area (TPSA) is 63.1 Å². The lowest BCUT2D eigenvalue weighted by atomic mass is 10.1. The van der Waals surface area contributed by atoms with E-state index < -0.39 is 0 Å². The fourth-order valence-electron chi connectivity index (χ4n) is 3.44. The number of hydrogen-bond donors (Lipinski definition) is 1. The fourth-order valence-corrected chi connectivity index (χ4v) is 3.44. The quantitative estimate of drug-likeness (QED) is 0.888. The van der Waals surface area contributed by atoms with E-state index >= 15 is 0 Å². The first-order chi connectivity index (χ1) is 11.7. The highest BCUT2D eigenvalue weighted by atomic mass is 16.2. The zero-order chi connectivity index (χ0) is 16.5. The molecule has 6 heteroatoms. The van der Waals surface area contributed by atoms with Crippen molar-refractivity contribution in [2.75, 3.05) is 7.05 Å². The molecule has 0 aromatic carbocycles. The lowest BCUT2D eigenvalue weighted by Gasteiger charge is -2.28. The molecule has 126 valence electrons. The van der Waals surface area contributed by atoms with Gasteiger partial charge in [-0.05, 0) is 55.2 Å². The van der Waals surface area contributed by atoms with Crippen LogP contribution in [0.5, 0.6) is 0 Å². The van der Waals surface area contributed by atoms with Crippen molar-refractivity contribution < 1.29 is 4.79 Å². The molecule has 0 unspecified atom stereocenters. The first-order valence-electron chi connectivity index (χ1n) is 8.66. The molecule has 2 aromatic heterocycles. The summed E-state index contributed by atoms with van der Waals surface area (Å²) in [6.07, 6.45) is 12.2. The van der Waals surface area contributed by atoms with Crippen LogP contribution in [0, 0.1) is 11.8 Å². The van der Waals surface area contributed by atoms with E-state index in [1.807, 2.05) is 34.8 Å². The molecule has 24 heavy (non-hydrogen) atoms. The smallest absolute Gasteiger partial charge is 0.317 e. The molecule has 2 aliphatic rings. The van der Waals surface area contributed by atoms with E-state index in [1.54, 1.807) is 18.7 Å². The minimum absolute atomic E-state index is 0.0276. The summed E-state index contributed by atoms with van der Waals surface area (Å²) in [5, 5.41) is 3.05. The molecule has 2 fully saturated rings. The molecule has 0 aliphatic heterocycles. The van der Waals surface area contributed by atoms with Crippen LogP contribution >= 0.6 is 0 Å². The largest absolute Gasteiger partial charge is 0.334 e. The summed E-state index contributed by atoms with van der Waals surface area (Å²) < 4.78 is 1.85. The SMILES string of the molecule is CN(C(=O)NCc1ccnc(-n2ccnc2)c1)C(C1CC1)C1CC1. The van der Waals surface area contributed by atoms with Gasteiger partial charge in [0.2, 0.25) is 0 Å². The lowest BCUT2D eigenvalue weighted by Crippen LogP contribution is -2.45. The van der Waals surface area contributed by atoms with Gasteiger partial charge in [0, 0.05) is 38.2 Å². The number of imidazole rings is 1. The maximum Gasteiger partial charge on any atom is 0.317 e. The number of nitrogens with one attached hydrogen (secondary N) is 1. The summed E-state index contributed by atoms with van der Waals surface area (Å²) in [5.41, 5.74) is 1.03. The highest BCUT2D eigenvalue weighted by Crippen LogP contribution is 2.46. The minimum Gasteiger partial charge on any atom is -0.334 e. The Morgan fingerprint density at radius 1 is 1.33 bits per heavy atom. The first-order valence-corrected chi connectivity index (χ1v) is 8.66. The van der Waals surface area contributed by atoms with E-state index in [2.05, 4.69) is 15.3 Å². The number of nitrogens with zero attached hydrogens (tertiary/aromatic N) is 4. The van der Waals surface area contributed by atoms with Gasteiger partial charge in [0.1, 0.15) is 12.1 Å². The Labute approximate surface area is 141 Å². The Kier molecular flexibility index (Phi) is 3.96. The third-order valence-corrected chi connectivity index (χ3v) is 5.00. The summed E-state index contributed by atoms with van der Waals surface area (Å²) in [5.74, 6) is 2.26. The number of rotatable bonds is 6. The van der Waals surface area contributed by atoms with Crippen LogP contribution in [-0.2, 0) is 6.54 Å². The molecular weight excluding hydrogens is 302 g/mol. The van der Waals surface area contributed by atoms with E-state index in [9.17, 15) is 4.79 Å². The molecule has 1 N–H and O–H groups in total. The van der Waals surface area contributed by atoms with Gasteiger partial charge in [-0.2, -0.15) is 0 Å². The Morgan fingerprint density at radius 2 is 2.08 bits per heavy atom. The molecule has 2 heterocycles. The maximum atomic E-state index is 12.5. The molecule has 0 radical (unpaired) electrons. The van der Waals surface area contributed by atoms with Crippen LogP contribution in [0.15, 0.2) is 37.1 Å². The third kappa shape index (κ3) is 3.27. The van der Waals surface area contributed by atoms with Crippen molar-refractivity contribution in [1.82, 2.24) is 24.8 Å². The Hall–Kier alpha value is -2.37.